The van der Waals surface area contributed by atoms with Gasteiger partial charge in [-0.05, 0) is 44.1 Å². The van der Waals surface area contributed by atoms with Crippen LogP contribution in [0.5, 0.6) is 0 Å². The molecule has 0 aliphatic carbocycles. The molecule has 0 bridgehead atoms. The van der Waals surface area contributed by atoms with Crippen molar-refractivity contribution in [3.63, 3.8) is 0 Å². The van der Waals surface area contributed by atoms with Gasteiger partial charge in [0.1, 0.15) is 0 Å². The van der Waals surface area contributed by atoms with Gasteiger partial charge < -0.3 is 5.32 Å². The number of rotatable bonds is 5. The van der Waals surface area contributed by atoms with Gasteiger partial charge in [-0.1, -0.05) is 23.7 Å². The highest BCUT2D eigenvalue weighted by Crippen LogP contribution is 2.19. The van der Waals surface area contributed by atoms with Crippen LogP contribution in [0.15, 0.2) is 29.6 Å². The van der Waals surface area contributed by atoms with E-state index in [1.807, 2.05) is 12.1 Å². The molecule has 0 saturated carbocycles. The van der Waals surface area contributed by atoms with Crippen molar-refractivity contribution in [2.24, 2.45) is 0 Å². The number of hydrogen-bond donors (Lipinski definition) is 1. The summed E-state index contributed by atoms with van der Waals surface area (Å²) < 4.78 is 0. The van der Waals surface area contributed by atoms with Gasteiger partial charge in [-0.15, -0.1) is 36.2 Å². The van der Waals surface area contributed by atoms with Crippen LogP contribution in [0.4, 0.5) is 0 Å². The minimum Gasteiger partial charge on any atom is -0.316 e. The lowest BCUT2D eigenvalue weighted by molar-refractivity contribution is 0.186. The van der Waals surface area contributed by atoms with E-state index in [9.17, 15) is 0 Å². The predicted octanol–water partition coefficient (Wildman–Crippen LogP) is 4.41. The molecule has 0 spiro atoms. The number of likely N-dealkylation sites (N-methyl/N-ethyl adjacent to an activating group) is 1. The summed E-state index contributed by atoms with van der Waals surface area (Å²) in [5.41, 5.74) is 2.46. The summed E-state index contributed by atoms with van der Waals surface area (Å²) in [7, 11) is 2.06. The van der Waals surface area contributed by atoms with Gasteiger partial charge in [-0.25, -0.2) is 4.98 Å². The van der Waals surface area contributed by atoms with Crippen LogP contribution in [0.3, 0.4) is 0 Å². The Balaban J connectivity index is 0.00000144. The summed E-state index contributed by atoms with van der Waals surface area (Å²) in [6.45, 7) is 3.28. The molecule has 7 heteroatoms. The molecule has 1 N–H and O–H groups in total. The minimum atomic E-state index is 0. The van der Waals surface area contributed by atoms with Crippen LogP contribution in [0.2, 0.25) is 5.02 Å². The van der Waals surface area contributed by atoms with Gasteiger partial charge in [0, 0.05) is 36.0 Å². The van der Waals surface area contributed by atoms with Crippen molar-refractivity contribution in [2.75, 3.05) is 20.1 Å². The summed E-state index contributed by atoms with van der Waals surface area (Å²) in [5.74, 6) is 0. The summed E-state index contributed by atoms with van der Waals surface area (Å²) >= 11 is 7.68. The molecule has 134 valence electrons. The lowest BCUT2D eigenvalue weighted by Crippen LogP contribution is -2.43. The molecule has 1 aromatic heterocycles. The molecule has 24 heavy (non-hydrogen) atoms. The zero-order chi connectivity index (χ0) is 15.4. The number of halogens is 3. The number of likely N-dealkylation sites (tertiary alicyclic amines) is 1. The van der Waals surface area contributed by atoms with E-state index in [2.05, 4.69) is 34.8 Å². The number of aromatic nitrogens is 1. The van der Waals surface area contributed by atoms with Gasteiger partial charge in [0.05, 0.1) is 10.7 Å². The molecule has 0 radical (unpaired) electrons. The average Bonchev–Trinajstić information content (AvgIpc) is 2.97. The largest absolute Gasteiger partial charge is 0.316 e. The average molecular weight is 409 g/mol. The topological polar surface area (TPSA) is 28.2 Å². The Kier molecular flexibility index (Phi) is 9.57. The van der Waals surface area contributed by atoms with Crippen molar-refractivity contribution < 1.29 is 0 Å². The van der Waals surface area contributed by atoms with Crippen molar-refractivity contribution in [2.45, 2.75) is 31.8 Å². The Labute approximate surface area is 165 Å². The summed E-state index contributed by atoms with van der Waals surface area (Å²) in [5, 5.41) is 7.56. The SMILES string of the molecule is CNC1CCCN(Cc2csc(Cc3ccc(Cl)cc3)n2)C1.Cl.Cl. The minimum absolute atomic E-state index is 0. The summed E-state index contributed by atoms with van der Waals surface area (Å²) in [6.07, 6.45) is 3.44. The van der Waals surface area contributed by atoms with Gasteiger partial charge in [-0.3, -0.25) is 4.90 Å². The first-order valence-electron chi connectivity index (χ1n) is 7.80. The smallest absolute Gasteiger partial charge is 0.0972 e. The van der Waals surface area contributed by atoms with E-state index in [0.717, 1.165) is 24.5 Å². The molecule has 1 saturated heterocycles. The van der Waals surface area contributed by atoms with E-state index < -0.39 is 0 Å². The Morgan fingerprint density at radius 1 is 1.29 bits per heavy atom. The Hall–Kier alpha value is -0.360. The Morgan fingerprint density at radius 3 is 2.75 bits per heavy atom. The van der Waals surface area contributed by atoms with Crippen LogP contribution in [-0.2, 0) is 13.0 Å². The molecule has 1 aromatic carbocycles. The molecular weight excluding hydrogens is 385 g/mol. The van der Waals surface area contributed by atoms with Crippen LogP contribution in [-0.4, -0.2) is 36.1 Å². The number of benzene rings is 1. The summed E-state index contributed by atoms with van der Waals surface area (Å²) in [4.78, 5) is 7.30. The molecule has 2 heterocycles. The van der Waals surface area contributed by atoms with Gasteiger partial charge in [0.25, 0.3) is 0 Å². The highest BCUT2D eigenvalue weighted by atomic mass is 35.5. The molecule has 2 aromatic rings. The van der Waals surface area contributed by atoms with Crippen LogP contribution in [0, 0.1) is 0 Å². The maximum atomic E-state index is 5.93. The molecule has 0 amide bonds. The van der Waals surface area contributed by atoms with Gasteiger partial charge >= 0.3 is 0 Å². The fourth-order valence-corrected chi connectivity index (χ4v) is 3.89. The molecule has 1 fully saturated rings. The normalized spacial score (nSPS) is 17.8. The second kappa shape index (κ2) is 10.6. The van der Waals surface area contributed by atoms with E-state index in [-0.39, 0.29) is 24.8 Å². The van der Waals surface area contributed by atoms with Crippen molar-refractivity contribution in [3.05, 3.63) is 50.9 Å². The zero-order valence-electron chi connectivity index (χ0n) is 13.7. The van der Waals surface area contributed by atoms with Crippen molar-refractivity contribution in [3.8, 4) is 0 Å². The van der Waals surface area contributed by atoms with Crippen LogP contribution < -0.4 is 5.32 Å². The Bertz CT molecular complexity index is 603. The molecule has 1 atom stereocenters. The van der Waals surface area contributed by atoms with E-state index in [1.165, 1.54) is 35.7 Å². The van der Waals surface area contributed by atoms with Gasteiger partial charge in [0.15, 0.2) is 0 Å². The second-order valence-corrected chi connectivity index (χ2v) is 7.28. The van der Waals surface area contributed by atoms with Crippen LogP contribution in [0.1, 0.15) is 29.1 Å². The second-order valence-electron chi connectivity index (χ2n) is 5.90. The molecule has 1 aliphatic rings. The number of piperidine rings is 1. The molecule has 3 nitrogen and oxygen atoms in total. The third-order valence-corrected chi connectivity index (χ3v) is 5.32. The zero-order valence-corrected chi connectivity index (χ0v) is 16.9. The lowest BCUT2D eigenvalue weighted by atomic mass is 10.1. The van der Waals surface area contributed by atoms with E-state index in [4.69, 9.17) is 16.6 Å². The third-order valence-electron chi connectivity index (χ3n) is 4.17. The maximum absolute atomic E-state index is 5.93. The van der Waals surface area contributed by atoms with Crippen LogP contribution in [0.25, 0.3) is 0 Å². The van der Waals surface area contributed by atoms with E-state index in [1.54, 1.807) is 11.3 Å². The standard InChI is InChI=1S/C17H22ClN3S.2ClH/c1-19-15-3-2-8-21(10-15)11-16-12-22-17(20-16)9-13-4-6-14(18)7-5-13;;/h4-7,12,15,19H,2-3,8-11H2,1H3;2*1H. The first kappa shape index (κ1) is 21.7. The Morgan fingerprint density at radius 2 is 2.04 bits per heavy atom. The lowest BCUT2D eigenvalue weighted by Gasteiger charge is -2.31. The highest BCUT2D eigenvalue weighted by Gasteiger charge is 2.19. The molecule has 1 aliphatic heterocycles. The molecule has 1 unspecified atom stereocenters. The van der Waals surface area contributed by atoms with Crippen molar-refractivity contribution in [1.82, 2.24) is 15.2 Å². The monoisotopic (exact) mass is 407 g/mol. The number of thiazole rings is 1. The third kappa shape index (κ3) is 6.17. The van der Waals surface area contributed by atoms with Crippen LogP contribution >= 0.6 is 47.8 Å². The predicted molar refractivity (Wildman–Crippen MR) is 108 cm³/mol. The van der Waals surface area contributed by atoms with Gasteiger partial charge in [0.2, 0.25) is 0 Å². The fourth-order valence-electron chi connectivity index (χ4n) is 2.94. The van der Waals surface area contributed by atoms with Crippen molar-refractivity contribution >= 4 is 47.8 Å². The van der Waals surface area contributed by atoms with Crippen molar-refractivity contribution in [1.29, 1.82) is 0 Å². The quantitative estimate of drug-likeness (QED) is 0.794. The number of nitrogens with one attached hydrogen (secondary N) is 1. The maximum Gasteiger partial charge on any atom is 0.0972 e. The van der Waals surface area contributed by atoms with Gasteiger partial charge in [-0.2, -0.15) is 0 Å². The van der Waals surface area contributed by atoms with E-state index >= 15 is 0 Å². The molecular formula is C17H24Cl3N3S. The van der Waals surface area contributed by atoms with E-state index in [0.29, 0.717) is 6.04 Å². The highest BCUT2D eigenvalue weighted by molar-refractivity contribution is 7.09. The number of nitrogens with zero attached hydrogens (tertiary/aromatic N) is 2. The number of hydrogen-bond acceptors (Lipinski definition) is 4. The summed E-state index contributed by atoms with van der Waals surface area (Å²) in [6, 6.07) is 8.66. The first-order chi connectivity index (χ1) is 10.7. The molecule has 3 rings (SSSR count). The fraction of sp³-hybridized carbons (Fsp3) is 0.471. The first-order valence-corrected chi connectivity index (χ1v) is 9.06.